The first-order valence-electron chi connectivity index (χ1n) is 12.4. The van der Waals surface area contributed by atoms with Crippen molar-refractivity contribution in [3.05, 3.63) is 70.9 Å². The highest BCUT2D eigenvalue weighted by molar-refractivity contribution is 5.82. The van der Waals surface area contributed by atoms with E-state index in [-0.39, 0.29) is 17.5 Å². The minimum Gasteiger partial charge on any atom is -0.455 e. The van der Waals surface area contributed by atoms with Gasteiger partial charge in [0.2, 0.25) is 0 Å². The number of rotatable bonds is 13. The zero-order valence-corrected chi connectivity index (χ0v) is 21.7. The fourth-order valence-electron chi connectivity index (χ4n) is 4.06. The Morgan fingerprint density at radius 2 is 1.73 bits per heavy atom. The molecule has 1 aliphatic rings. The third-order valence-electron chi connectivity index (χ3n) is 6.22. The minimum atomic E-state index is -0.240. The number of carbonyl (C=O) groups excluding carboxylic acids is 2. The third kappa shape index (κ3) is 11.3. The van der Waals surface area contributed by atoms with Gasteiger partial charge in [0.25, 0.3) is 0 Å². The van der Waals surface area contributed by atoms with E-state index in [0.717, 1.165) is 48.7 Å². The lowest BCUT2D eigenvalue weighted by Gasteiger charge is -2.36. The Morgan fingerprint density at radius 1 is 1.03 bits per heavy atom. The molecule has 0 bridgehead atoms. The van der Waals surface area contributed by atoms with Crippen LogP contribution in [0, 0.1) is 5.41 Å². The topological polar surface area (TPSA) is 43.4 Å². The van der Waals surface area contributed by atoms with Crippen LogP contribution in [0.3, 0.4) is 0 Å². The molecule has 0 fully saturated rings. The van der Waals surface area contributed by atoms with Crippen LogP contribution in [0.4, 0.5) is 0 Å². The SMILES string of the molecule is CCCCCCCC=CC(=O)OC1CCC(C)(C)C(C=CC(C)=CC=CC(C)=CC=O)=C1C. The van der Waals surface area contributed by atoms with Crippen molar-refractivity contribution in [2.45, 2.75) is 99.0 Å². The van der Waals surface area contributed by atoms with Gasteiger partial charge in [0.05, 0.1) is 0 Å². The monoisotopic (exact) mass is 452 g/mol. The summed E-state index contributed by atoms with van der Waals surface area (Å²) in [5.41, 5.74) is 4.44. The molecule has 3 heteroatoms. The van der Waals surface area contributed by atoms with E-state index in [1.807, 2.05) is 31.2 Å². The molecule has 1 aliphatic carbocycles. The summed E-state index contributed by atoms with van der Waals surface area (Å²) in [4.78, 5) is 22.9. The second-order valence-electron chi connectivity index (χ2n) is 9.70. The molecule has 0 spiro atoms. The lowest BCUT2D eigenvalue weighted by molar-refractivity contribution is -0.142. The maximum absolute atomic E-state index is 12.4. The van der Waals surface area contributed by atoms with Crippen LogP contribution in [0.1, 0.15) is 92.9 Å². The zero-order chi connectivity index (χ0) is 24.7. The highest BCUT2D eigenvalue weighted by Gasteiger charge is 2.33. The van der Waals surface area contributed by atoms with E-state index in [1.165, 1.54) is 31.3 Å². The van der Waals surface area contributed by atoms with E-state index >= 15 is 0 Å². The lowest BCUT2D eigenvalue weighted by Crippen LogP contribution is -2.30. The molecule has 3 nitrogen and oxygen atoms in total. The molecule has 0 aromatic heterocycles. The fourth-order valence-corrected chi connectivity index (χ4v) is 4.06. The molecule has 1 rings (SSSR count). The number of carbonyl (C=O) groups is 2. The zero-order valence-electron chi connectivity index (χ0n) is 21.7. The largest absolute Gasteiger partial charge is 0.455 e. The van der Waals surface area contributed by atoms with E-state index in [2.05, 4.69) is 46.8 Å². The van der Waals surface area contributed by atoms with Gasteiger partial charge in [-0.25, -0.2) is 4.79 Å². The molecule has 0 aromatic carbocycles. The molecule has 1 atom stereocenters. The van der Waals surface area contributed by atoms with Crippen LogP contribution in [0.2, 0.25) is 0 Å². The summed E-state index contributed by atoms with van der Waals surface area (Å²) in [6, 6.07) is 0. The molecule has 0 radical (unpaired) electrons. The van der Waals surface area contributed by atoms with Crippen LogP contribution in [0.5, 0.6) is 0 Å². The molecular formula is C30H44O3. The average Bonchev–Trinajstić information content (AvgIpc) is 2.75. The Kier molecular flexibility index (Phi) is 13.4. The maximum Gasteiger partial charge on any atom is 0.331 e. The van der Waals surface area contributed by atoms with Gasteiger partial charge in [0, 0.05) is 6.08 Å². The summed E-state index contributed by atoms with van der Waals surface area (Å²) in [5.74, 6) is -0.240. The van der Waals surface area contributed by atoms with Crippen molar-refractivity contribution < 1.29 is 14.3 Å². The number of allylic oxidation sites excluding steroid dienone is 10. The normalized spacial score (nSPS) is 19.8. The second-order valence-corrected chi connectivity index (χ2v) is 9.70. The summed E-state index contributed by atoms with van der Waals surface area (Å²) in [6.45, 7) is 12.7. The van der Waals surface area contributed by atoms with E-state index in [0.29, 0.717) is 0 Å². The minimum absolute atomic E-state index is 0.0389. The lowest BCUT2D eigenvalue weighted by atomic mass is 9.71. The van der Waals surface area contributed by atoms with Crippen LogP contribution in [0.25, 0.3) is 0 Å². The molecule has 0 amide bonds. The molecule has 0 saturated carbocycles. The van der Waals surface area contributed by atoms with Crippen LogP contribution in [-0.2, 0) is 14.3 Å². The van der Waals surface area contributed by atoms with Gasteiger partial charge in [-0.1, -0.05) is 88.5 Å². The van der Waals surface area contributed by atoms with Crippen LogP contribution in [-0.4, -0.2) is 18.4 Å². The van der Waals surface area contributed by atoms with Gasteiger partial charge < -0.3 is 4.74 Å². The summed E-state index contributed by atoms with van der Waals surface area (Å²) in [7, 11) is 0. The van der Waals surface area contributed by atoms with Crippen LogP contribution >= 0.6 is 0 Å². The molecule has 0 aromatic rings. The van der Waals surface area contributed by atoms with Crippen molar-refractivity contribution in [1.82, 2.24) is 0 Å². The summed E-state index contributed by atoms with van der Waals surface area (Å²) >= 11 is 0. The van der Waals surface area contributed by atoms with E-state index in [4.69, 9.17) is 4.74 Å². The van der Waals surface area contributed by atoms with Crippen molar-refractivity contribution in [1.29, 1.82) is 0 Å². The van der Waals surface area contributed by atoms with Gasteiger partial charge >= 0.3 is 5.97 Å². The summed E-state index contributed by atoms with van der Waals surface area (Å²) < 4.78 is 5.82. The van der Waals surface area contributed by atoms with Gasteiger partial charge in [-0.05, 0) is 74.7 Å². The quantitative estimate of drug-likeness (QED) is 0.0930. The van der Waals surface area contributed by atoms with E-state index < -0.39 is 0 Å². The molecule has 182 valence electrons. The Bertz CT molecular complexity index is 815. The van der Waals surface area contributed by atoms with Crippen molar-refractivity contribution in [2.75, 3.05) is 0 Å². The predicted molar refractivity (Wildman–Crippen MR) is 140 cm³/mol. The molecule has 33 heavy (non-hydrogen) atoms. The Hall–Kier alpha value is -2.42. The molecule has 0 aliphatic heterocycles. The number of hydrogen-bond acceptors (Lipinski definition) is 3. The van der Waals surface area contributed by atoms with Crippen molar-refractivity contribution in [2.24, 2.45) is 5.41 Å². The van der Waals surface area contributed by atoms with Crippen LogP contribution < -0.4 is 0 Å². The standard InChI is InChI=1S/C30H44O3/c1-7-8-9-10-11-12-13-17-29(32)33-28-20-22-30(5,6)27(26(28)4)19-18-24(2)15-14-16-25(3)21-23-31/h13-19,21,23,28H,7-12,20,22H2,1-6H3. The number of hydrogen-bond donors (Lipinski definition) is 0. The van der Waals surface area contributed by atoms with Gasteiger partial charge in [0.15, 0.2) is 0 Å². The van der Waals surface area contributed by atoms with Crippen molar-refractivity contribution in [3.8, 4) is 0 Å². The van der Waals surface area contributed by atoms with Crippen LogP contribution in [0.15, 0.2) is 70.9 Å². The third-order valence-corrected chi connectivity index (χ3v) is 6.22. The highest BCUT2D eigenvalue weighted by atomic mass is 16.5. The van der Waals surface area contributed by atoms with Crippen molar-refractivity contribution >= 4 is 12.3 Å². The number of aldehydes is 1. The Labute approximate surface area is 202 Å². The molecule has 0 N–H and O–H groups in total. The Balaban J connectivity index is 2.78. The van der Waals surface area contributed by atoms with Gasteiger partial charge in [0.1, 0.15) is 12.4 Å². The first kappa shape index (κ1) is 28.6. The van der Waals surface area contributed by atoms with Crippen molar-refractivity contribution in [3.63, 3.8) is 0 Å². The van der Waals surface area contributed by atoms with Gasteiger partial charge in [-0.3, -0.25) is 4.79 Å². The van der Waals surface area contributed by atoms with Gasteiger partial charge in [-0.15, -0.1) is 0 Å². The average molecular weight is 453 g/mol. The van der Waals surface area contributed by atoms with E-state index in [1.54, 1.807) is 12.2 Å². The second kappa shape index (κ2) is 15.4. The molecule has 0 saturated heterocycles. The summed E-state index contributed by atoms with van der Waals surface area (Å²) in [5, 5.41) is 0. The molecule has 1 unspecified atom stereocenters. The molecular weight excluding hydrogens is 408 g/mol. The first-order valence-corrected chi connectivity index (χ1v) is 12.4. The molecule has 0 heterocycles. The summed E-state index contributed by atoms with van der Waals surface area (Å²) in [6.07, 6.45) is 24.8. The number of esters is 1. The smallest absolute Gasteiger partial charge is 0.331 e. The highest BCUT2D eigenvalue weighted by Crippen LogP contribution is 2.42. The number of unbranched alkanes of at least 4 members (excludes halogenated alkanes) is 5. The first-order chi connectivity index (χ1) is 15.7. The maximum atomic E-state index is 12.4. The predicted octanol–water partition coefficient (Wildman–Crippen LogP) is 8.16. The van der Waals surface area contributed by atoms with Gasteiger partial charge in [-0.2, -0.15) is 0 Å². The Morgan fingerprint density at radius 3 is 2.42 bits per heavy atom. The van der Waals surface area contributed by atoms with E-state index in [9.17, 15) is 9.59 Å². The fraction of sp³-hybridized carbons (Fsp3) is 0.533. The number of ether oxygens (including phenoxy) is 1.